The van der Waals surface area contributed by atoms with E-state index in [2.05, 4.69) is 4.99 Å². The summed E-state index contributed by atoms with van der Waals surface area (Å²) < 4.78 is 15.8. The average molecular weight is 358 g/mol. The fraction of sp³-hybridized carbons (Fsp3) is 0.222. The molecule has 0 spiro atoms. The number of rotatable bonds is 5. The quantitative estimate of drug-likeness (QED) is 0.607. The first-order valence-electron chi connectivity index (χ1n) is 7.53. The summed E-state index contributed by atoms with van der Waals surface area (Å²) in [6.45, 7) is 0. The van der Waals surface area contributed by atoms with Crippen LogP contribution in [0.2, 0.25) is 0 Å². The molecule has 2 heterocycles. The molecule has 7 heteroatoms. The molecule has 3 rings (SSSR count). The van der Waals surface area contributed by atoms with Crippen molar-refractivity contribution in [2.24, 2.45) is 4.99 Å². The summed E-state index contributed by atoms with van der Waals surface area (Å²) in [5, 5.41) is 1.10. The van der Waals surface area contributed by atoms with E-state index in [-0.39, 0.29) is 11.6 Å². The van der Waals surface area contributed by atoms with Crippen LogP contribution in [0.1, 0.15) is 10.4 Å². The number of nitrogens with zero attached hydrogens (tertiary/aromatic N) is 2. The van der Waals surface area contributed by atoms with E-state index in [1.807, 2.05) is 31.1 Å². The van der Waals surface area contributed by atoms with Crippen LogP contribution in [-0.4, -0.2) is 40.2 Å². The number of methoxy groups -OCH3 is 2. The molecule has 2 aromatic rings. The van der Waals surface area contributed by atoms with Crippen LogP contribution in [-0.2, 0) is 9.53 Å². The Morgan fingerprint density at radius 3 is 2.36 bits per heavy atom. The van der Waals surface area contributed by atoms with Gasteiger partial charge in [-0.25, -0.2) is 9.79 Å². The maximum atomic E-state index is 12.1. The number of aliphatic imine (C=N–C) groups is 1. The number of esters is 1. The number of ether oxygens (including phenoxy) is 3. The zero-order chi connectivity index (χ0) is 18.0. The molecule has 0 saturated carbocycles. The molecular weight excluding hydrogens is 340 g/mol. The third-order valence-corrected chi connectivity index (χ3v) is 4.75. The second-order valence-electron chi connectivity index (χ2n) is 5.51. The van der Waals surface area contributed by atoms with E-state index in [9.17, 15) is 4.79 Å². The highest BCUT2D eigenvalue weighted by Gasteiger charge is 2.25. The number of hydrogen-bond donors (Lipinski definition) is 0. The number of thiophene rings is 1. The van der Waals surface area contributed by atoms with Gasteiger partial charge in [-0.2, -0.15) is 0 Å². The van der Waals surface area contributed by atoms with Gasteiger partial charge in [0.05, 0.1) is 19.2 Å². The van der Waals surface area contributed by atoms with E-state index in [1.54, 1.807) is 49.8 Å². The fourth-order valence-corrected chi connectivity index (χ4v) is 3.13. The normalized spacial score (nSPS) is 15.1. The van der Waals surface area contributed by atoms with Crippen molar-refractivity contribution < 1.29 is 19.0 Å². The predicted molar refractivity (Wildman–Crippen MR) is 98.8 cm³/mol. The maximum absolute atomic E-state index is 12.1. The van der Waals surface area contributed by atoms with Crippen molar-refractivity contribution in [3.63, 3.8) is 0 Å². The lowest BCUT2D eigenvalue weighted by molar-refractivity contribution is -0.129. The molecule has 0 fully saturated rings. The Hall–Kier alpha value is -2.80. The zero-order valence-electron chi connectivity index (χ0n) is 14.4. The summed E-state index contributed by atoms with van der Waals surface area (Å²) >= 11 is 1.57. The van der Waals surface area contributed by atoms with Gasteiger partial charge in [0.25, 0.3) is 0 Å². The fourth-order valence-electron chi connectivity index (χ4n) is 2.26. The van der Waals surface area contributed by atoms with Gasteiger partial charge >= 0.3 is 5.97 Å². The van der Waals surface area contributed by atoms with Crippen LogP contribution in [0.25, 0.3) is 6.08 Å². The average Bonchev–Trinajstić information content (AvgIpc) is 3.22. The number of hydrogen-bond acceptors (Lipinski definition) is 7. The van der Waals surface area contributed by atoms with Gasteiger partial charge in [0.2, 0.25) is 5.90 Å². The monoisotopic (exact) mass is 358 g/mol. The highest BCUT2D eigenvalue weighted by atomic mass is 32.1. The molecule has 1 aromatic carbocycles. The van der Waals surface area contributed by atoms with Crippen LogP contribution in [0.15, 0.2) is 41.0 Å². The first-order chi connectivity index (χ1) is 12.0. The summed E-state index contributed by atoms with van der Waals surface area (Å²) in [7, 11) is 7.06. The van der Waals surface area contributed by atoms with E-state index < -0.39 is 5.97 Å². The molecule has 1 aliphatic heterocycles. The number of cyclic esters (lactones) is 1. The zero-order valence-corrected chi connectivity index (χ0v) is 15.2. The lowest BCUT2D eigenvalue weighted by Gasteiger charge is -2.07. The van der Waals surface area contributed by atoms with Gasteiger partial charge in [0.1, 0.15) is 11.5 Å². The second-order valence-corrected chi connectivity index (χ2v) is 6.60. The summed E-state index contributed by atoms with van der Waals surface area (Å²) in [4.78, 5) is 19.4. The minimum Gasteiger partial charge on any atom is -0.497 e. The third kappa shape index (κ3) is 3.66. The van der Waals surface area contributed by atoms with Gasteiger partial charge in [-0.15, -0.1) is 11.3 Å². The summed E-state index contributed by atoms with van der Waals surface area (Å²) in [6.07, 6.45) is 1.73. The molecule has 130 valence electrons. The van der Waals surface area contributed by atoms with Crippen LogP contribution >= 0.6 is 11.3 Å². The number of anilines is 1. The molecule has 0 N–H and O–H groups in total. The molecule has 0 bridgehead atoms. The van der Waals surface area contributed by atoms with Crippen LogP contribution in [0, 0.1) is 0 Å². The Kier molecular flexibility index (Phi) is 4.76. The summed E-state index contributed by atoms with van der Waals surface area (Å²) in [6, 6.07) is 9.17. The van der Waals surface area contributed by atoms with Crippen molar-refractivity contribution in [3.8, 4) is 11.5 Å². The summed E-state index contributed by atoms with van der Waals surface area (Å²) in [5.41, 5.74) is 0.886. The third-order valence-electron chi connectivity index (χ3n) is 3.55. The van der Waals surface area contributed by atoms with Crippen molar-refractivity contribution in [2.45, 2.75) is 0 Å². The van der Waals surface area contributed by atoms with Gasteiger partial charge < -0.3 is 19.1 Å². The van der Waals surface area contributed by atoms with E-state index in [1.165, 1.54) is 0 Å². The van der Waals surface area contributed by atoms with E-state index in [0.29, 0.717) is 17.1 Å². The molecule has 0 unspecified atom stereocenters. The van der Waals surface area contributed by atoms with Crippen LogP contribution in [0.3, 0.4) is 0 Å². The number of benzene rings is 1. The molecular formula is C18H18N2O4S. The Morgan fingerprint density at radius 2 is 1.80 bits per heavy atom. The van der Waals surface area contributed by atoms with Crippen molar-refractivity contribution >= 4 is 34.3 Å². The topological polar surface area (TPSA) is 60.4 Å². The highest BCUT2D eigenvalue weighted by molar-refractivity contribution is 7.16. The lowest BCUT2D eigenvalue weighted by atomic mass is 10.2. The van der Waals surface area contributed by atoms with Gasteiger partial charge in [-0.3, -0.25) is 0 Å². The van der Waals surface area contributed by atoms with E-state index in [0.717, 1.165) is 9.88 Å². The largest absolute Gasteiger partial charge is 0.497 e. The van der Waals surface area contributed by atoms with E-state index in [4.69, 9.17) is 14.2 Å². The van der Waals surface area contributed by atoms with Gasteiger partial charge in [0.15, 0.2) is 5.70 Å². The van der Waals surface area contributed by atoms with Crippen molar-refractivity contribution in [1.82, 2.24) is 0 Å². The first kappa shape index (κ1) is 17.0. The summed E-state index contributed by atoms with van der Waals surface area (Å²) in [5.74, 6) is 0.952. The molecule has 0 atom stereocenters. The van der Waals surface area contributed by atoms with Crippen molar-refractivity contribution in [3.05, 3.63) is 46.5 Å². The van der Waals surface area contributed by atoms with Crippen molar-refractivity contribution in [1.29, 1.82) is 0 Å². The standard InChI is InChI=1S/C18H18N2O4S/c1-20(2)16-6-5-14(25-16)10-15-18(21)24-17(19-15)11-7-12(22-3)9-13(8-11)23-4/h5-10H,1-4H3/b15-10-. The number of carbonyl (C=O) groups excluding carboxylic acids is 1. The Labute approximate surface area is 150 Å². The maximum Gasteiger partial charge on any atom is 0.363 e. The van der Waals surface area contributed by atoms with Gasteiger partial charge in [0, 0.05) is 30.6 Å². The SMILES string of the molecule is COc1cc(OC)cc(C2=N/C(=C\c3ccc(N(C)C)s3)C(=O)O2)c1. The van der Waals surface area contributed by atoms with Crippen molar-refractivity contribution in [2.75, 3.05) is 33.2 Å². The molecule has 25 heavy (non-hydrogen) atoms. The van der Waals surface area contributed by atoms with Gasteiger partial charge in [-0.05, 0) is 30.3 Å². The lowest BCUT2D eigenvalue weighted by Crippen LogP contribution is -2.06. The molecule has 0 saturated heterocycles. The highest BCUT2D eigenvalue weighted by Crippen LogP contribution is 2.29. The Bertz CT molecular complexity index is 845. The molecule has 0 radical (unpaired) electrons. The molecule has 1 aliphatic rings. The van der Waals surface area contributed by atoms with E-state index >= 15 is 0 Å². The van der Waals surface area contributed by atoms with Crippen LogP contribution < -0.4 is 14.4 Å². The van der Waals surface area contributed by atoms with Crippen LogP contribution in [0.4, 0.5) is 5.00 Å². The Morgan fingerprint density at radius 1 is 1.12 bits per heavy atom. The smallest absolute Gasteiger partial charge is 0.363 e. The molecule has 1 aromatic heterocycles. The van der Waals surface area contributed by atoms with Gasteiger partial charge in [-0.1, -0.05) is 0 Å². The minimum atomic E-state index is -0.475. The first-order valence-corrected chi connectivity index (χ1v) is 8.35. The Balaban J connectivity index is 1.93. The molecule has 0 aliphatic carbocycles. The second kappa shape index (κ2) is 6.98. The molecule has 6 nitrogen and oxygen atoms in total. The van der Waals surface area contributed by atoms with Crippen LogP contribution in [0.5, 0.6) is 11.5 Å². The minimum absolute atomic E-state index is 0.234. The molecule has 0 amide bonds. The number of carbonyl (C=O) groups is 1. The predicted octanol–water partition coefficient (Wildman–Crippen LogP) is 3.18.